The van der Waals surface area contributed by atoms with Crippen molar-refractivity contribution >= 4 is 5.91 Å². The van der Waals surface area contributed by atoms with E-state index in [4.69, 9.17) is 0 Å². The second-order valence-corrected chi connectivity index (χ2v) is 7.07. The number of tetrazole rings is 1. The molecule has 134 valence electrons. The molecular formula is C19H27N5O. The third-order valence-corrected chi connectivity index (χ3v) is 4.98. The number of aromatic nitrogens is 4. The average molecular weight is 341 g/mol. The predicted octanol–water partition coefficient (Wildman–Crippen LogP) is 3.25. The molecule has 6 nitrogen and oxygen atoms in total. The number of nitrogens with zero attached hydrogens (tertiary/aromatic N) is 5. The summed E-state index contributed by atoms with van der Waals surface area (Å²) in [6.07, 6.45) is 4.39. The number of hydrogen-bond donors (Lipinski definition) is 0. The van der Waals surface area contributed by atoms with Crippen molar-refractivity contribution in [2.45, 2.75) is 65.0 Å². The Balaban J connectivity index is 1.67. The van der Waals surface area contributed by atoms with E-state index >= 15 is 0 Å². The Morgan fingerprint density at radius 1 is 1.24 bits per heavy atom. The first-order valence-electron chi connectivity index (χ1n) is 9.26. The van der Waals surface area contributed by atoms with E-state index in [2.05, 4.69) is 48.3 Å². The van der Waals surface area contributed by atoms with Crippen LogP contribution in [0.15, 0.2) is 24.3 Å². The summed E-state index contributed by atoms with van der Waals surface area (Å²) in [5.74, 6) is 1.14. The molecule has 1 amide bonds. The van der Waals surface area contributed by atoms with Crippen LogP contribution in [0.2, 0.25) is 0 Å². The van der Waals surface area contributed by atoms with Crippen LogP contribution in [0.3, 0.4) is 0 Å². The van der Waals surface area contributed by atoms with Crippen molar-refractivity contribution in [3.05, 3.63) is 29.8 Å². The summed E-state index contributed by atoms with van der Waals surface area (Å²) >= 11 is 0. The number of rotatable bonds is 5. The number of carbonyl (C=O) groups is 1. The molecule has 0 unspecified atom stereocenters. The molecule has 25 heavy (non-hydrogen) atoms. The van der Waals surface area contributed by atoms with Crippen LogP contribution in [0.5, 0.6) is 0 Å². The van der Waals surface area contributed by atoms with Crippen LogP contribution in [0.4, 0.5) is 0 Å². The topological polar surface area (TPSA) is 63.9 Å². The van der Waals surface area contributed by atoms with E-state index < -0.39 is 0 Å². The molecule has 1 atom stereocenters. The second-order valence-electron chi connectivity index (χ2n) is 7.07. The molecule has 0 saturated carbocycles. The van der Waals surface area contributed by atoms with Crippen molar-refractivity contribution < 1.29 is 4.79 Å². The summed E-state index contributed by atoms with van der Waals surface area (Å²) in [6, 6.07) is 8.55. The zero-order valence-electron chi connectivity index (χ0n) is 15.4. The van der Waals surface area contributed by atoms with Crippen LogP contribution < -0.4 is 0 Å². The quantitative estimate of drug-likeness (QED) is 0.837. The molecule has 1 saturated heterocycles. The number of amides is 1. The summed E-state index contributed by atoms with van der Waals surface area (Å²) in [5, 5.41) is 12.6. The van der Waals surface area contributed by atoms with Gasteiger partial charge >= 0.3 is 0 Å². The molecule has 2 aromatic rings. The van der Waals surface area contributed by atoms with Crippen LogP contribution in [0.25, 0.3) is 11.4 Å². The highest BCUT2D eigenvalue weighted by molar-refractivity contribution is 5.76. The normalized spacial score (nSPS) is 17.9. The number of carbonyl (C=O) groups excluding carboxylic acids is 1. The van der Waals surface area contributed by atoms with Gasteiger partial charge in [0.05, 0.1) is 0 Å². The summed E-state index contributed by atoms with van der Waals surface area (Å²) < 4.78 is 0. The minimum Gasteiger partial charge on any atom is -0.338 e. The van der Waals surface area contributed by atoms with Gasteiger partial charge in [0.25, 0.3) is 0 Å². The molecule has 0 N–H and O–H groups in total. The smallest absolute Gasteiger partial charge is 0.246 e. The van der Waals surface area contributed by atoms with Crippen molar-refractivity contribution in [2.75, 3.05) is 6.54 Å². The molecule has 1 aliphatic heterocycles. The standard InChI is InChI=1S/C19H27N5O/c1-4-17-7-5-6-12-23(17)18(25)13-24-21-19(20-22-24)16-10-8-15(9-11-16)14(2)3/h8-11,14,17H,4-7,12-13H2,1-3H3/t17-/m0/s1. The fraction of sp³-hybridized carbons (Fsp3) is 0.579. The van der Waals surface area contributed by atoms with Crippen molar-refractivity contribution in [1.82, 2.24) is 25.1 Å². The monoisotopic (exact) mass is 341 g/mol. The summed E-state index contributed by atoms with van der Waals surface area (Å²) in [4.78, 5) is 16.0. The molecule has 0 radical (unpaired) electrons. The van der Waals surface area contributed by atoms with E-state index in [1.54, 1.807) is 0 Å². The fourth-order valence-corrected chi connectivity index (χ4v) is 3.41. The van der Waals surface area contributed by atoms with Gasteiger partial charge in [-0.1, -0.05) is 45.0 Å². The van der Waals surface area contributed by atoms with E-state index in [9.17, 15) is 4.79 Å². The van der Waals surface area contributed by atoms with Gasteiger partial charge in [0.2, 0.25) is 11.7 Å². The highest BCUT2D eigenvalue weighted by Gasteiger charge is 2.25. The molecule has 2 heterocycles. The van der Waals surface area contributed by atoms with Crippen LogP contribution >= 0.6 is 0 Å². The minimum absolute atomic E-state index is 0.0886. The average Bonchev–Trinajstić information content (AvgIpc) is 3.10. The Bertz CT molecular complexity index is 707. The Kier molecular flexibility index (Phi) is 5.46. The van der Waals surface area contributed by atoms with E-state index in [1.165, 1.54) is 16.8 Å². The molecule has 0 aliphatic carbocycles. The zero-order chi connectivity index (χ0) is 17.8. The summed E-state index contributed by atoms with van der Waals surface area (Å²) in [7, 11) is 0. The molecule has 6 heteroatoms. The largest absolute Gasteiger partial charge is 0.338 e. The third kappa shape index (κ3) is 4.06. The highest BCUT2D eigenvalue weighted by Crippen LogP contribution is 2.21. The molecular weight excluding hydrogens is 314 g/mol. The molecule has 1 aromatic carbocycles. The molecule has 3 rings (SSSR count). The molecule has 0 bridgehead atoms. The maximum absolute atomic E-state index is 12.6. The highest BCUT2D eigenvalue weighted by atomic mass is 16.2. The van der Waals surface area contributed by atoms with Gasteiger partial charge in [-0.25, -0.2) is 0 Å². The number of benzene rings is 1. The van der Waals surface area contributed by atoms with Crippen molar-refractivity contribution in [2.24, 2.45) is 0 Å². The number of hydrogen-bond acceptors (Lipinski definition) is 4. The Labute approximate surface area is 149 Å². The lowest BCUT2D eigenvalue weighted by molar-refractivity contribution is -0.136. The molecule has 1 fully saturated rings. The molecule has 1 aliphatic rings. The maximum Gasteiger partial charge on any atom is 0.246 e. The van der Waals surface area contributed by atoms with Crippen LogP contribution in [0, 0.1) is 0 Å². The Morgan fingerprint density at radius 2 is 2.00 bits per heavy atom. The van der Waals surface area contributed by atoms with Gasteiger partial charge in [-0.3, -0.25) is 4.79 Å². The van der Waals surface area contributed by atoms with Gasteiger partial charge < -0.3 is 4.90 Å². The van der Waals surface area contributed by atoms with E-state index in [0.717, 1.165) is 31.4 Å². The minimum atomic E-state index is 0.0886. The summed E-state index contributed by atoms with van der Waals surface area (Å²) in [6.45, 7) is 7.48. The summed E-state index contributed by atoms with van der Waals surface area (Å²) in [5.41, 5.74) is 2.20. The first-order valence-corrected chi connectivity index (χ1v) is 9.26. The van der Waals surface area contributed by atoms with Gasteiger partial charge in [0.1, 0.15) is 6.54 Å². The van der Waals surface area contributed by atoms with E-state index in [-0.39, 0.29) is 12.5 Å². The lowest BCUT2D eigenvalue weighted by Crippen LogP contribution is -2.45. The SMILES string of the molecule is CC[C@H]1CCCCN1C(=O)Cn1nnc(-c2ccc(C(C)C)cc2)n1. The molecule has 0 spiro atoms. The Morgan fingerprint density at radius 3 is 2.68 bits per heavy atom. The first kappa shape index (κ1) is 17.6. The van der Waals surface area contributed by atoms with Crippen molar-refractivity contribution in [3.8, 4) is 11.4 Å². The van der Waals surface area contributed by atoms with Crippen molar-refractivity contribution in [1.29, 1.82) is 0 Å². The second kappa shape index (κ2) is 7.76. The van der Waals surface area contributed by atoms with Gasteiger partial charge in [0.15, 0.2) is 0 Å². The van der Waals surface area contributed by atoms with E-state index in [0.29, 0.717) is 17.8 Å². The van der Waals surface area contributed by atoms with E-state index in [1.807, 2.05) is 17.0 Å². The predicted molar refractivity (Wildman–Crippen MR) is 97.0 cm³/mol. The van der Waals surface area contributed by atoms with Gasteiger partial charge in [0, 0.05) is 18.2 Å². The Hall–Kier alpha value is -2.24. The zero-order valence-corrected chi connectivity index (χ0v) is 15.4. The van der Waals surface area contributed by atoms with Crippen molar-refractivity contribution in [3.63, 3.8) is 0 Å². The van der Waals surface area contributed by atoms with Gasteiger partial charge in [-0.05, 0) is 42.4 Å². The lowest BCUT2D eigenvalue weighted by Gasteiger charge is -2.35. The maximum atomic E-state index is 12.6. The van der Waals surface area contributed by atoms with Crippen LogP contribution in [-0.4, -0.2) is 43.6 Å². The number of likely N-dealkylation sites (tertiary alicyclic amines) is 1. The fourth-order valence-electron chi connectivity index (χ4n) is 3.41. The van der Waals surface area contributed by atoms with Gasteiger partial charge in [-0.15, -0.1) is 10.2 Å². The third-order valence-electron chi connectivity index (χ3n) is 4.98. The first-order chi connectivity index (χ1) is 12.1. The van der Waals surface area contributed by atoms with Gasteiger partial charge in [-0.2, -0.15) is 4.80 Å². The lowest BCUT2D eigenvalue weighted by atomic mass is 10.00. The molecule has 1 aromatic heterocycles. The van der Waals surface area contributed by atoms with Crippen LogP contribution in [-0.2, 0) is 11.3 Å². The number of piperidine rings is 1. The van der Waals surface area contributed by atoms with Crippen LogP contribution in [0.1, 0.15) is 57.9 Å².